The molecule has 0 unspecified atom stereocenters. The van der Waals surface area contributed by atoms with Crippen molar-refractivity contribution in [2.45, 2.75) is 31.5 Å². The zero-order chi connectivity index (χ0) is 14.6. The molecule has 1 saturated heterocycles. The molecule has 126 valence electrons. The predicted octanol–water partition coefficient (Wildman–Crippen LogP) is 2.82. The molecule has 1 aromatic heterocycles. The van der Waals surface area contributed by atoms with E-state index >= 15 is 0 Å². The zero-order valence-corrected chi connectivity index (χ0v) is 13.3. The van der Waals surface area contributed by atoms with E-state index in [2.05, 4.69) is 15.6 Å². The third-order valence-electron chi connectivity index (χ3n) is 3.26. The van der Waals surface area contributed by atoms with Crippen molar-refractivity contribution in [3.8, 4) is 0 Å². The van der Waals surface area contributed by atoms with Crippen LogP contribution in [0, 0.1) is 0 Å². The average molecular weight is 360 g/mol. The van der Waals surface area contributed by atoms with Crippen molar-refractivity contribution in [1.29, 1.82) is 0 Å². The third-order valence-corrected chi connectivity index (χ3v) is 3.26. The minimum absolute atomic E-state index is 0. The van der Waals surface area contributed by atoms with Crippen LogP contribution in [-0.4, -0.2) is 30.0 Å². The first kappa shape index (κ1) is 20.9. The monoisotopic (exact) mass is 359 g/mol. The average Bonchev–Trinajstić information content (AvgIpc) is 2.91. The van der Waals surface area contributed by atoms with Crippen LogP contribution in [0.1, 0.15) is 35.3 Å². The van der Waals surface area contributed by atoms with Gasteiger partial charge in [-0.05, 0) is 37.9 Å². The van der Waals surface area contributed by atoms with Gasteiger partial charge in [0.15, 0.2) is 0 Å². The van der Waals surface area contributed by atoms with Crippen molar-refractivity contribution in [3.63, 3.8) is 0 Å². The first-order chi connectivity index (χ1) is 9.47. The Balaban J connectivity index is 0.00000220. The van der Waals surface area contributed by atoms with Gasteiger partial charge >= 0.3 is 6.18 Å². The van der Waals surface area contributed by atoms with E-state index in [0.29, 0.717) is 18.8 Å². The molecule has 22 heavy (non-hydrogen) atoms. The van der Waals surface area contributed by atoms with E-state index in [1.165, 1.54) is 0 Å². The zero-order valence-electron chi connectivity index (χ0n) is 11.7. The molecule has 1 aliphatic heterocycles. The van der Waals surface area contributed by atoms with Crippen molar-refractivity contribution in [2.24, 2.45) is 0 Å². The normalized spacial score (nSPS) is 17.3. The molecule has 0 spiro atoms. The second kappa shape index (κ2) is 9.17. The lowest BCUT2D eigenvalue weighted by atomic mass is 10.1. The van der Waals surface area contributed by atoms with Gasteiger partial charge in [-0.1, -0.05) is 0 Å². The van der Waals surface area contributed by atoms with Gasteiger partial charge < -0.3 is 10.6 Å². The molecule has 2 N–H and O–H groups in total. The molecule has 2 rings (SSSR count). The summed E-state index contributed by atoms with van der Waals surface area (Å²) in [6.07, 6.45) is -0.719. The summed E-state index contributed by atoms with van der Waals surface area (Å²) in [5.41, 5.74) is -0.860. The number of rotatable bonds is 4. The molecule has 0 radical (unpaired) electrons. The SMILES string of the molecule is Cl.Cl.O=C(NCC[C@H]1CCCN1)c1ccc(C(F)(F)F)cn1. The van der Waals surface area contributed by atoms with Crippen LogP contribution in [-0.2, 0) is 6.18 Å². The number of pyridine rings is 1. The highest BCUT2D eigenvalue weighted by molar-refractivity contribution is 5.92. The number of carbonyl (C=O) groups excluding carboxylic acids is 1. The van der Waals surface area contributed by atoms with Crippen molar-refractivity contribution in [1.82, 2.24) is 15.6 Å². The number of nitrogens with one attached hydrogen (secondary N) is 2. The van der Waals surface area contributed by atoms with Gasteiger partial charge in [-0.15, -0.1) is 24.8 Å². The van der Waals surface area contributed by atoms with Crippen molar-refractivity contribution in [2.75, 3.05) is 13.1 Å². The van der Waals surface area contributed by atoms with Gasteiger partial charge in [0.25, 0.3) is 5.91 Å². The molecule has 0 aliphatic carbocycles. The van der Waals surface area contributed by atoms with Crippen molar-refractivity contribution >= 4 is 30.7 Å². The summed E-state index contributed by atoms with van der Waals surface area (Å²) in [6, 6.07) is 2.36. The fourth-order valence-electron chi connectivity index (χ4n) is 2.15. The fraction of sp³-hybridized carbons (Fsp3) is 0.538. The molecular weight excluding hydrogens is 342 g/mol. The van der Waals surface area contributed by atoms with Gasteiger partial charge in [-0.3, -0.25) is 9.78 Å². The second-order valence-electron chi connectivity index (χ2n) is 4.77. The number of nitrogens with zero attached hydrogens (tertiary/aromatic N) is 1. The summed E-state index contributed by atoms with van der Waals surface area (Å²) in [5.74, 6) is -0.447. The van der Waals surface area contributed by atoms with Gasteiger partial charge in [-0.2, -0.15) is 13.2 Å². The number of hydrogen-bond acceptors (Lipinski definition) is 3. The summed E-state index contributed by atoms with van der Waals surface area (Å²) < 4.78 is 37.0. The van der Waals surface area contributed by atoms with Crippen LogP contribution < -0.4 is 10.6 Å². The van der Waals surface area contributed by atoms with Crippen molar-refractivity contribution < 1.29 is 18.0 Å². The van der Waals surface area contributed by atoms with Gasteiger partial charge in [0, 0.05) is 18.8 Å². The van der Waals surface area contributed by atoms with Crippen LogP contribution in [0.5, 0.6) is 0 Å². The van der Waals surface area contributed by atoms with Crippen LogP contribution in [0.15, 0.2) is 18.3 Å². The summed E-state index contributed by atoms with van der Waals surface area (Å²) in [6.45, 7) is 1.48. The Morgan fingerprint density at radius 2 is 2.09 bits per heavy atom. The Bertz CT molecular complexity index is 463. The summed E-state index contributed by atoms with van der Waals surface area (Å²) in [5, 5.41) is 5.96. The predicted molar refractivity (Wildman–Crippen MR) is 81.7 cm³/mol. The number of aromatic nitrogens is 1. The molecule has 2 heterocycles. The number of amides is 1. The van der Waals surface area contributed by atoms with E-state index in [-0.39, 0.29) is 30.5 Å². The number of halogens is 5. The first-order valence-electron chi connectivity index (χ1n) is 6.51. The highest BCUT2D eigenvalue weighted by Gasteiger charge is 2.30. The van der Waals surface area contributed by atoms with Gasteiger partial charge in [0.1, 0.15) is 5.69 Å². The first-order valence-corrected chi connectivity index (χ1v) is 6.51. The molecule has 4 nitrogen and oxygen atoms in total. The van der Waals surface area contributed by atoms with Gasteiger partial charge in [-0.25, -0.2) is 0 Å². The molecule has 9 heteroatoms. The van der Waals surface area contributed by atoms with E-state index < -0.39 is 17.6 Å². The minimum Gasteiger partial charge on any atom is -0.351 e. The standard InChI is InChI=1S/C13H16F3N3O.2ClH/c14-13(15,16)9-3-4-11(19-8-9)12(20)18-7-5-10-2-1-6-17-10;;/h3-4,8,10,17H,1-2,5-7H2,(H,18,20);2*1H/t10-;;/m1../s1. The Hall–Kier alpha value is -1.05. The highest BCUT2D eigenvalue weighted by Crippen LogP contribution is 2.28. The lowest BCUT2D eigenvalue weighted by Crippen LogP contribution is -2.31. The molecule has 0 aromatic carbocycles. The Morgan fingerprint density at radius 1 is 1.36 bits per heavy atom. The Morgan fingerprint density at radius 3 is 2.59 bits per heavy atom. The molecule has 0 bridgehead atoms. The molecule has 1 atom stereocenters. The number of hydrogen-bond donors (Lipinski definition) is 2. The second-order valence-corrected chi connectivity index (χ2v) is 4.77. The van der Waals surface area contributed by atoms with E-state index in [0.717, 1.165) is 37.9 Å². The van der Waals surface area contributed by atoms with Crippen LogP contribution in [0.4, 0.5) is 13.2 Å². The molecule has 1 amide bonds. The largest absolute Gasteiger partial charge is 0.417 e. The smallest absolute Gasteiger partial charge is 0.351 e. The van der Waals surface area contributed by atoms with Gasteiger partial charge in [0.2, 0.25) is 0 Å². The molecule has 0 saturated carbocycles. The molecular formula is C13H18Cl2F3N3O. The maximum atomic E-state index is 12.3. The number of carbonyl (C=O) groups is 1. The quantitative estimate of drug-likeness (QED) is 0.868. The molecule has 1 aromatic rings. The van der Waals surface area contributed by atoms with Crippen LogP contribution in [0.3, 0.4) is 0 Å². The fourth-order valence-corrected chi connectivity index (χ4v) is 2.15. The van der Waals surface area contributed by atoms with Crippen LogP contribution >= 0.6 is 24.8 Å². The lowest BCUT2D eigenvalue weighted by molar-refractivity contribution is -0.137. The van der Waals surface area contributed by atoms with Gasteiger partial charge in [0.05, 0.1) is 5.56 Å². The number of alkyl halides is 3. The minimum atomic E-state index is -4.43. The summed E-state index contributed by atoms with van der Waals surface area (Å²) >= 11 is 0. The van der Waals surface area contributed by atoms with E-state index in [1.54, 1.807) is 0 Å². The van der Waals surface area contributed by atoms with Crippen LogP contribution in [0.25, 0.3) is 0 Å². The van der Waals surface area contributed by atoms with E-state index in [1.807, 2.05) is 0 Å². The highest BCUT2D eigenvalue weighted by atomic mass is 35.5. The third kappa shape index (κ3) is 5.98. The maximum Gasteiger partial charge on any atom is 0.417 e. The summed E-state index contributed by atoms with van der Waals surface area (Å²) in [7, 11) is 0. The molecule has 1 aliphatic rings. The summed E-state index contributed by atoms with van der Waals surface area (Å²) in [4.78, 5) is 15.3. The Kier molecular flexibility index (Phi) is 8.73. The maximum absolute atomic E-state index is 12.3. The van der Waals surface area contributed by atoms with Crippen LogP contribution in [0.2, 0.25) is 0 Å². The Labute approximate surface area is 139 Å². The topological polar surface area (TPSA) is 54.0 Å². The lowest BCUT2D eigenvalue weighted by Gasteiger charge is -2.11. The van der Waals surface area contributed by atoms with E-state index in [4.69, 9.17) is 0 Å². The van der Waals surface area contributed by atoms with E-state index in [9.17, 15) is 18.0 Å². The van der Waals surface area contributed by atoms with Crippen molar-refractivity contribution in [3.05, 3.63) is 29.6 Å². The molecule has 1 fully saturated rings.